The van der Waals surface area contributed by atoms with Crippen molar-refractivity contribution in [2.45, 2.75) is 26.3 Å². The molecule has 0 saturated carbocycles. The summed E-state index contributed by atoms with van der Waals surface area (Å²) in [6, 6.07) is 17.6. The van der Waals surface area contributed by atoms with Crippen LogP contribution in [0.15, 0.2) is 48.5 Å². The monoisotopic (exact) mass is 268 g/mol. The second kappa shape index (κ2) is 6.47. The van der Waals surface area contributed by atoms with E-state index in [2.05, 4.69) is 86.7 Å². The molecule has 1 atom stereocenters. The molecule has 0 amide bonds. The number of hydrogen-bond acceptors (Lipinski definition) is 2. The van der Waals surface area contributed by atoms with Crippen LogP contribution in [0.3, 0.4) is 0 Å². The number of anilines is 2. The van der Waals surface area contributed by atoms with Gasteiger partial charge in [-0.3, -0.25) is 0 Å². The van der Waals surface area contributed by atoms with Gasteiger partial charge >= 0.3 is 0 Å². The van der Waals surface area contributed by atoms with Crippen molar-refractivity contribution < 1.29 is 0 Å². The molecule has 0 heterocycles. The van der Waals surface area contributed by atoms with Gasteiger partial charge in [0.25, 0.3) is 0 Å². The van der Waals surface area contributed by atoms with E-state index in [-0.39, 0.29) is 0 Å². The summed E-state index contributed by atoms with van der Waals surface area (Å²) < 4.78 is 0. The minimum absolute atomic E-state index is 0.304. The smallest absolute Gasteiger partial charge is 0.0485 e. The van der Waals surface area contributed by atoms with Crippen molar-refractivity contribution >= 4 is 11.4 Å². The Hall–Kier alpha value is -1.96. The van der Waals surface area contributed by atoms with Gasteiger partial charge < -0.3 is 10.2 Å². The summed E-state index contributed by atoms with van der Waals surface area (Å²) in [5.41, 5.74) is 5.09. The van der Waals surface area contributed by atoms with Crippen molar-refractivity contribution in [2.75, 3.05) is 24.3 Å². The lowest BCUT2D eigenvalue weighted by molar-refractivity contribution is 0.883. The SMILES string of the molecule is CCc1cccc(NC(C)c2ccc(N(C)C)cc2)c1. The van der Waals surface area contributed by atoms with Gasteiger partial charge in [-0.2, -0.15) is 0 Å². The van der Waals surface area contributed by atoms with E-state index in [0.717, 1.165) is 6.42 Å². The Bertz CT molecular complexity index is 544. The second-order valence-electron chi connectivity index (χ2n) is 5.41. The molecular weight excluding hydrogens is 244 g/mol. The van der Waals surface area contributed by atoms with E-state index in [9.17, 15) is 0 Å². The molecule has 2 rings (SSSR count). The molecule has 0 spiro atoms. The molecule has 0 fully saturated rings. The molecule has 0 bridgehead atoms. The van der Waals surface area contributed by atoms with Crippen molar-refractivity contribution in [1.82, 2.24) is 0 Å². The first kappa shape index (κ1) is 14.4. The van der Waals surface area contributed by atoms with Gasteiger partial charge in [-0.1, -0.05) is 31.2 Å². The molecule has 0 aliphatic carbocycles. The van der Waals surface area contributed by atoms with E-state index in [1.54, 1.807) is 0 Å². The Morgan fingerprint density at radius 2 is 1.75 bits per heavy atom. The van der Waals surface area contributed by atoms with E-state index in [4.69, 9.17) is 0 Å². The lowest BCUT2D eigenvalue weighted by atomic mass is 10.1. The van der Waals surface area contributed by atoms with Crippen molar-refractivity contribution in [1.29, 1.82) is 0 Å². The van der Waals surface area contributed by atoms with E-state index in [1.165, 1.54) is 22.5 Å². The van der Waals surface area contributed by atoms with E-state index in [1.807, 2.05) is 0 Å². The van der Waals surface area contributed by atoms with Crippen LogP contribution in [0, 0.1) is 0 Å². The highest BCUT2D eigenvalue weighted by Crippen LogP contribution is 2.22. The van der Waals surface area contributed by atoms with Crippen LogP contribution in [0.4, 0.5) is 11.4 Å². The predicted molar refractivity (Wildman–Crippen MR) is 88.6 cm³/mol. The molecule has 0 aromatic heterocycles. The summed E-state index contributed by atoms with van der Waals surface area (Å²) in [6.45, 7) is 4.38. The quantitative estimate of drug-likeness (QED) is 0.859. The van der Waals surface area contributed by atoms with Crippen LogP contribution in [0.2, 0.25) is 0 Å². The fourth-order valence-corrected chi connectivity index (χ4v) is 2.28. The third-order valence-corrected chi connectivity index (χ3v) is 3.63. The summed E-state index contributed by atoms with van der Waals surface area (Å²) in [4.78, 5) is 2.12. The lowest BCUT2D eigenvalue weighted by Crippen LogP contribution is -2.10. The fraction of sp³-hybridized carbons (Fsp3) is 0.333. The lowest BCUT2D eigenvalue weighted by Gasteiger charge is -2.18. The molecule has 0 radical (unpaired) electrons. The Balaban J connectivity index is 2.08. The van der Waals surface area contributed by atoms with E-state index >= 15 is 0 Å². The molecule has 106 valence electrons. The standard InChI is InChI=1S/C18H24N2/c1-5-15-7-6-8-17(13-15)19-14(2)16-9-11-18(12-10-16)20(3)4/h6-14,19H,5H2,1-4H3. The molecule has 2 aromatic rings. The maximum Gasteiger partial charge on any atom is 0.0485 e. The van der Waals surface area contributed by atoms with Gasteiger partial charge in [0.2, 0.25) is 0 Å². The van der Waals surface area contributed by atoms with Crippen LogP contribution in [0.5, 0.6) is 0 Å². The Kier molecular flexibility index (Phi) is 4.67. The van der Waals surface area contributed by atoms with Gasteiger partial charge in [0, 0.05) is 31.5 Å². The molecule has 0 aliphatic rings. The van der Waals surface area contributed by atoms with Crippen LogP contribution in [0.25, 0.3) is 0 Å². The Labute approximate surface area is 122 Å². The highest BCUT2D eigenvalue weighted by atomic mass is 15.1. The second-order valence-corrected chi connectivity index (χ2v) is 5.41. The first-order valence-electron chi connectivity index (χ1n) is 7.23. The van der Waals surface area contributed by atoms with Crippen molar-refractivity contribution in [2.24, 2.45) is 0 Å². The van der Waals surface area contributed by atoms with Crippen LogP contribution in [-0.2, 0) is 6.42 Å². The van der Waals surface area contributed by atoms with Gasteiger partial charge in [0.15, 0.2) is 0 Å². The predicted octanol–water partition coefficient (Wildman–Crippen LogP) is 4.49. The van der Waals surface area contributed by atoms with Crippen molar-refractivity contribution in [3.8, 4) is 0 Å². The van der Waals surface area contributed by atoms with E-state index < -0.39 is 0 Å². The zero-order valence-electron chi connectivity index (χ0n) is 12.9. The molecular formula is C18H24N2. The van der Waals surface area contributed by atoms with E-state index in [0.29, 0.717) is 6.04 Å². The zero-order chi connectivity index (χ0) is 14.5. The average Bonchev–Trinajstić information content (AvgIpc) is 2.47. The molecule has 0 aliphatic heterocycles. The number of nitrogens with zero attached hydrogens (tertiary/aromatic N) is 1. The maximum absolute atomic E-state index is 3.57. The third-order valence-electron chi connectivity index (χ3n) is 3.63. The van der Waals surface area contributed by atoms with Crippen LogP contribution >= 0.6 is 0 Å². The summed E-state index contributed by atoms with van der Waals surface area (Å²) in [5, 5.41) is 3.57. The average molecular weight is 268 g/mol. The molecule has 20 heavy (non-hydrogen) atoms. The first-order chi connectivity index (χ1) is 9.60. The molecule has 2 aromatic carbocycles. The van der Waals surface area contributed by atoms with Crippen LogP contribution in [-0.4, -0.2) is 14.1 Å². The number of aryl methyl sites for hydroxylation is 1. The minimum Gasteiger partial charge on any atom is -0.379 e. The molecule has 1 unspecified atom stereocenters. The van der Waals surface area contributed by atoms with Crippen LogP contribution < -0.4 is 10.2 Å². The number of hydrogen-bond donors (Lipinski definition) is 1. The minimum atomic E-state index is 0.304. The molecule has 0 saturated heterocycles. The van der Waals surface area contributed by atoms with Gasteiger partial charge in [0.05, 0.1) is 0 Å². The molecule has 2 heteroatoms. The number of benzene rings is 2. The Morgan fingerprint density at radius 1 is 1.05 bits per heavy atom. The topological polar surface area (TPSA) is 15.3 Å². The summed E-state index contributed by atoms with van der Waals surface area (Å²) in [5.74, 6) is 0. The Morgan fingerprint density at radius 3 is 2.35 bits per heavy atom. The molecule has 2 nitrogen and oxygen atoms in total. The van der Waals surface area contributed by atoms with Gasteiger partial charge in [-0.05, 0) is 48.7 Å². The largest absolute Gasteiger partial charge is 0.379 e. The first-order valence-corrected chi connectivity index (χ1v) is 7.23. The van der Waals surface area contributed by atoms with Gasteiger partial charge in [-0.25, -0.2) is 0 Å². The maximum atomic E-state index is 3.57. The van der Waals surface area contributed by atoms with Crippen LogP contribution in [0.1, 0.15) is 31.0 Å². The highest BCUT2D eigenvalue weighted by molar-refractivity contribution is 5.50. The van der Waals surface area contributed by atoms with Gasteiger partial charge in [0.1, 0.15) is 0 Å². The fourth-order valence-electron chi connectivity index (χ4n) is 2.28. The summed E-state index contributed by atoms with van der Waals surface area (Å²) >= 11 is 0. The van der Waals surface area contributed by atoms with Gasteiger partial charge in [-0.15, -0.1) is 0 Å². The number of rotatable bonds is 5. The number of nitrogens with one attached hydrogen (secondary N) is 1. The zero-order valence-corrected chi connectivity index (χ0v) is 12.9. The molecule has 1 N–H and O–H groups in total. The highest BCUT2D eigenvalue weighted by Gasteiger charge is 2.06. The summed E-state index contributed by atoms with van der Waals surface area (Å²) in [6.07, 6.45) is 1.07. The summed E-state index contributed by atoms with van der Waals surface area (Å²) in [7, 11) is 4.12. The normalized spacial score (nSPS) is 12.0. The third kappa shape index (κ3) is 3.53. The van der Waals surface area contributed by atoms with Crippen molar-refractivity contribution in [3.05, 3.63) is 59.7 Å². The van der Waals surface area contributed by atoms with Crippen molar-refractivity contribution in [3.63, 3.8) is 0 Å².